The zero-order chi connectivity index (χ0) is 13.4. The van der Waals surface area contributed by atoms with E-state index in [4.69, 9.17) is 9.84 Å². The Kier molecular flexibility index (Phi) is 6.72. The summed E-state index contributed by atoms with van der Waals surface area (Å²) in [6, 6.07) is -0.00200. The predicted octanol–water partition coefficient (Wildman–Crippen LogP) is 1.56. The van der Waals surface area contributed by atoms with Crippen LogP contribution in [0.2, 0.25) is 0 Å². The summed E-state index contributed by atoms with van der Waals surface area (Å²) in [5.74, 6) is -1.20. The molecule has 1 amide bonds. The topological polar surface area (TPSA) is 75.6 Å². The molecule has 1 saturated carbocycles. The van der Waals surface area contributed by atoms with E-state index in [-0.39, 0.29) is 24.5 Å². The number of carbonyl (C=O) groups is 2. The minimum atomic E-state index is -0.762. The van der Waals surface area contributed by atoms with Crippen molar-refractivity contribution in [1.82, 2.24) is 5.32 Å². The van der Waals surface area contributed by atoms with Crippen LogP contribution < -0.4 is 5.32 Å². The van der Waals surface area contributed by atoms with Crippen molar-refractivity contribution in [3.05, 3.63) is 0 Å². The first-order valence-corrected chi connectivity index (χ1v) is 6.73. The van der Waals surface area contributed by atoms with Gasteiger partial charge in [-0.2, -0.15) is 0 Å². The molecule has 5 nitrogen and oxygen atoms in total. The Morgan fingerprint density at radius 3 is 2.72 bits per heavy atom. The largest absolute Gasteiger partial charge is 0.481 e. The first-order valence-electron chi connectivity index (χ1n) is 6.73. The maximum absolute atomic E-state index is 11.5. The van der Waals surface area contributed by atoms with Crippen LogP contribution >= 0.6 is 0 Å². The number of amides is 1. The van der Waals surface area contributed by atoms with Gasteiger partial charge in [0.1, 0.15) is 6.61 Å². The van der Waals surface area contributed by atoms with E-state index in [0.717, 1.165) is 25.7 Å². The normalized spacial score (nSPS) is 22.9. The molecule has 2 N–H and O–H groups in total. The van der Waals surface area contributed by atoms with Gasteiger partial charge in [-0.1, -0.05) is 19.8 Å². The maximum atomic E-state index is 11.5. The van der Waals surface area contributed by atoms with E-state index in [1.54, 1.807) is 0 Å². The number of hydrogen-bond acceptors (Lipinski definition) is 3. The summed E-state index contributed by atoms with van der Waals surface area (Å²) in [6.07, 6.45) is 5.17. The van der Waals surface area contributed by atoms with E-state index in [0.29, 0.717) is 19.4 Å². The smallest absolute Gasteiger partial charge is 0.306 e. The van der Waals surface area contributed by atoms with Crippen molar-refractivity contribution in [2.24, 2.45) is 5.92 Å². The molecular weight excluding hydrogens is 234 g/mol. The molecule has 18 heavy (non-hydrogen) atoms. The summed E-state index contributed by atoms with van der Waals surface area (Å²) >= 11 is 0. The fraction of sp³-hybridized carbons (Fsp3) is 0.846. The van der Waals surface area contributed by atoms with Crippen LogP contribution in [-0.2, 0) is 14.3 Å². The molecule has 0 aromatic heterocycles. The molecule has 0 aliphatic heterocycles. The lowest BCUT2D eigenvalue weighted by atomic mass is 10.1. The van der Waals surface area contributed by atoms with Crippen molar-refractivity contribution in [2.45, 2.75) is 51.5 Å². The van der Waals surface area contributed by atoms with Gasteiger partial charge in [0.2, 0.25) is 5.91 Å². The molecular formula is C13H23NO4. The fourth-order valence-electron chi connectivity index (χ4n) is 2.23. The molecule has 0 spiro atoms. The van der Waals surface area contributed by atoms with E-state index in [2.05, 4.69) is 12.2 Å². The second kappa shape index (κ2) is 8.08. The van der Waals surface area contributed by atoms with E-state index >= 15 is 0 Å². The molecule has 0 aromatic carbocycles. The van der Waals surface area contributed by atoms with Gasteiger partial charge in [-0.05, 0) is 25.7 Å². The maximum Gasteiger partial charge on any atom is 0.306 e. The lowest BCUT2D eigenvalue weighted by Crippen LogP contribution is -2.36. The van der Waals surface area contributed by atoms with Gasteiger partial charge in [-0.25, -0.2) is 0 Å². The van der Waals surface area contributed by atoms with Gasteiger partial charge in [-0.15, -0.1) is 0 Å². The zero-order valence-electron chi connectivity index (χ0n) is 11.0. The summed E-state index contributed by atoms with van der Waals surface area (Å²) < 4.78 is 5.25. The zero-order valence-corrected chi connectivity index (χ0v) is 11.0. The first kappa shape index (κ1) is 15.0. The summed E-state index contributed by atoms with van der Waals surface area (Å²) in [6.45, 7) is 2.81. The van der Waals surface area contributed by atoms with Crippen molar-refractivity contribution in [3.63, 3.8) is 0 Å². The first-order chi connectivity index (χ1) is 8.63. The monoisotopic (exact) mass is 257 g/mol. The molecule has 0 bridgehead atoms. The number of hydrogen-bond donors (Lipinski definition) is 2. The van der Waals surface area contributed by atoms with Gasteiger partial charge >= 0.3 is 5.97 Å². The van der Waals surface area contributed by atoms with Gasteiger partial charge in [0, 0.05) is 12.6 Å². The van der Waals surface area contributed by atoms with E-state index in [9.17, 15) is 9.59 Å². The van der Waals surface area contributed by atoms with Gasteiger partial charge in [0.15, 0.2) is 0 Å². The third-order valence-electron chi connectivity index (χ3n) is 3.27. The molecule has 0 aromatic rings. The third-order valence-corrected chi connectivity index (χ3v) is 3.27. The van der Waals surface area contributed by atoms with Crippen LogP contribution in [-0.4, -0.2) is 36.2 Å². The van der Waals surface area contributed by atoms with Crippen molar-refractivity contribution in [1.29, 1.82) is 0 Å². The fourth-order valence-corrected chi connectivity index (χ4v) is 2.23. The van der Waals surface area contributed by atoms with Crippen LogP contribution in [0.5, 0.6) is 0 Å². The lowest BCUT2D eigenvalue weighted by molar-refractivity contribution is -0.141. The second-order valence-corrected chi connectivity index (χ2v) is 4.87. The Balaban J connectivity index is 2.08. The number of carboxylic acid groups (broad SMARTS) is 1. The van der Waals surface area contributed by atoms with Crippen LogP contribution in [0.15, 0.2) is 0 Å². The van der Waals surface area contributed by atoms with Gasteiger partial charge < -0.3 is 15.2 Å². The molecule has 1 aliphatic carbocycles. The van der Waals surface area contributed by atoms with Crippen molar-refractivity contribution in [2.75, 3.05) is 13.2 Å². The predicted molar refractivity (Wildman–Crippen MR) is 67.3 cm³/mol. The number of carboxylic acids is 1. The van der Waals surface area contributed by atoms with Gasteiger partial charge in [0.05, 0.1) is 5.92 Å². The molecule has 1 rings (SSSR count). The lowest BCUT2D eigenvalue weighted by Gasteiger charge is -2.12. The Morgan fingerprint density at radius 1 is 1.33 bits per heavy atom. The second-order valence-electron chi connectivity index (χ2n) is 4.87. The molecule has 0 radical (unpaired) electrons. The molecule has 2 atom stereocenters. The number of ether oxygens (including phenoxy) is 1. The third kappa shape index (κ3) is 5.49. The highest BCUT2D eigenvalue weighted by atomic mass is 16.5. The molecule has 104 valence electrons. The Labute approximate surface area is 108 Å². The number of aliphatic carboxylic acids is 1. The van der Waals surface area contributed by atoms with Crippen LogP contribution in [0, 0.1) is 5.92 Å². The van der Waals surface area contributed by atoms with Crippen molar-refractivity contribution < 1.29 is 19.4 Å². The van der Waals surface area contributed by atoms with Gasteiger partial charge in [0.25, 0.3) is 0 Å². The van der Waals surface area contributed by atoms with E-state index < -0.39 is 5.97 Å². The number of rotatable bonds is 8. The van der Waals surface area contributed by atoms with Crippen LogP contribution in [0.1, 0.15) is 45.4 Å². The molecule has 0 saturated heterocycles. The summed E-state index contributed by atoms with van der Waals surface area (Å²) in [4.78, 5) is 22.3. The Morgan fingerprint density at radius 2 is 2.11 bits per heavy atom. The highest BCUT2D eigenvalue weighted by molar-refractivity contribution is 5.78. The minimum absolute atomic E-state index is 0.00200. The molecule has 1 aliphatic rings. The number of unbranched alkanes of at least 4 members (excludes halogenated alkanes) is 2. The summed E-state index contributed by atoms with van der Waals surface area (Å²) in [5.41, 5.74) is 0. The van der Waals surface area contributed by atoms with Gasteiger partial charge in [-0.3, -0.25) is 9.59 Å². The quantitative estimate of drug-likeness (QED) is 0.647. The molecule has 0 unspecified atom stereocenters. The van der Waals surface area contributed by atoms with E-state index in [1.165, 1.54) is 0 Å². The van der Waals surface area contributed by atoms with E-state index in [1.807, 2.05) is 0 Å². The van der Waals surface area contributed by atoms with Crippen LogP contribution in [0.4, 0.5) is 0 Å². The minimum Gasteiger partial charge on any atom is -0.481 e. The van der Waals surface area contributed by atoms with Crippen molar-refractivity contribution in [3.8, 4) is 0 Å². The molecule has 5 heteroatoms. The average Bonchev–Trinajstić information content (AvgIpc) is 2.77. The average molecular weight is 257 g/mol. The summed E-state index contributed by atoms with van der Waals surface area (Å²) in [5, 5.41) is 11.7. The van der Waals surface area contributed by atoms with Crippen molar-refractivity contribution >= 4 is 11.9 Å². The molecule has 1 fully saturated rings. The SMILES string of the molecule is CCCCCOCC(=O)N[C@@H]1CC[C@H](C(=O)O)C1. The Hall–Kier alpha value is -1.10. The standard InChI is InChI=1S/C13H23NO4/c1-2-3-4-7-18-9-12(15)14-11-6-5-10(8-11)13(16)17/h10-11H,2-9H2,1H3,(H,14,15)(H,16,17)/t10-,11+/m0/s1. The van der Waals surface area contributed by atoms with Crippen LogP contribution in [0.25, 0.3) is 0 Å². The van der Waals surface area contributed by atoms with Crippen LogP contribution in [0.3, 0.4) is 0 Å². The number of carbonyl (C=O) groups excluding carboxylic acids is 1. The highest BCUT2D eigenvalue weighted by Crippen LogP contribution is 2.25. The number of nitrogens with one attached hydrogen (secondary N) is 1. The Bertz CT molecular complexity index is 280. The summed E-state index contributed by atoms with van der Waals surface area (Å²) in [7, 11) is 0. The highest BCUT2D eigenvalue weighted by Gasteiger charge is 2.30. The molecule has 0 heterocycles.